The molecule has 0 saturated heterocycles. The summed E-state index contributed by atoms with van der Waals surface area (Å²) < 4.78 is 5.34. The van der Waals surface area contributed by atoms with Crippen LogP contribution in [-0.4, -0.2) is 18.0 Å². The second kappa shape index (κ2) is 5.44. The number of nitrogens with one attached hydrogen (secondary N) is 1. The zero-order chi connectivity index (χ0) is 14.8. The number of fused-ring (bicyclic) bond motifs is 1. The Bertz CT molecular complexity index is 685. The lowest BCUT2D eigenvalue weighted by Crippen LogP contribution is -2.13. The molecule has 1 aliphatic carbocycles. The number of methoxy groups -OCH3 is 1. The van der Waals surface area contributed by atoms with E-state index in [0.29, 0.717) is 11.3 Å². The maximum atomic E-state index is 11.3. The number of hydrogen-bond acceptors (Lipinski definition) is 4. The highest BCUT2D eigenvalue weighted by Gasteiger charge is 2.24. The van der Waals surface area contributed by atoms with Crippen LogP contribution in [0, 0.1) is 0 Å². The Hall–Kier alpha value is -2.56. The number of primary amides is 1. The molecule has 108 valence electrons. The van der Waals surface area contributed by atoms with Crippen molar-refractivity contribution in [2.75, 3.05) is 12.4 Å². The number of nitrogens with zero attached hydrogens (tertiary/aromatic N) is 1. The Morgan fingerprint density at radius 2 is 2.29 bits per heavy atom. The third kappa shape index (κ3) is 2.54. The molecule has 0 aliphatic heterocycles. The third-order valence-corrected chi connectivity index (χ3v) is 3.77. The average molecular weight is 283 g/mol. The Morgan fingerprint density at radius 3 is 3.05 bits per heavy atom. The summed E-state index contributed by atoms with van der Waals surface area (Å²) in [4.78, 5) is 15.8. The molecule has 1 aromatic heterocycles. The maximum Gasteiger partial charge on any atom is 0.248 e. The molecule has 1 aromatic carbocycles. The van der Waals surface area contributed by atoms with Crippen LogP contribution < -0.4 is 15.8 Å². The van der Waals surface area contributed by atoms with Crippen LogP contribution in [0.4, 0.5) is 5.69 Å². The van der Waals surface area contributed by atoms with Crippen molar-refractivity contribution in [1.82, 2.24) is 4.98 Å². The number of aryl methyl sites for hydroxylation is 1. The van der Waals surface area contributed by atoms with E-state index in [2.05, 4.69) is 16.4 Å². The molecule has 0 spiro atoms. The van der Waals surface area contributed by atoms with Crippen LogP contribution in [-0.2, 0) is 6.42 Å². The van der Waals surface area contributed by atoms with Gasteiger partial charge in [-0.15, -0.1) is 0 Å². The van der Waals surface area contributed by atoms with Crippen LogP contribution >= 0.6 is 0 Å². The van der Waals surface area contributed by atoms with Gasteiger partial charge >= 0.3 is 0 Å². The fraction of sp³-hybridized carbons (Fsp3) is 0.250. The Kier molecular flexibility index (Phi) is 3.48. The van der Waals surface area contributed by atoms with Gasteiger partial charge in [-0.2, -0.15) is 0 Å². The van der Waals surface area contributed by atoms with Gasteiger partial charge in [0.1, 0.15) is 5.75 Å². The normalized spacial score (nSPS) is 16.3. The van der Waals surface area contributed by atoms with Crippen molar-refractivity contribution in [2.45, 2.75) is 18.9 Å². The van der Waals surface area contributed by atoms with Crippen LogP contribution in [0.2, 0.25) is 0 Å². The van der Waals surface area contributed by atoms with Crippen LogP contribution in [0.5, 0.6) is 5.75 Å². The molecule has 0 bridgehead atoms. The SMILES string of the molecule is COc1ccc(C(N)=O)cc1NC1CCc2cccnc21. The largest absolute Gasteiger partial charge is 0.495 e. The number of amides is 1. The first-order valence-electron chi connectivity index (χ1n) is 6.87. The van der Waals surface area contributed by atoms with Gasteiger partial charge in [0.15, 0.2) is 0 Å². The summed E-state index contributed by atoms with van der Waals surface area (Å²) >= 11 is 0. The van der Waals surface area contributed by atoms with Crippen molar-refractivity contribution >= 4 is 11.6 Å². The average Bonchev–Trinajstić information content (AvgIpc) is 2.90. The highest BCUT2D eigenvalue weighted by atomic mass is 16.5. The van der Waals surface area contributed by atoms with Crippen molar-refractivity contribution in [2.24, 2.45) is 5.73 Å². The lowest BCUT2D eigenvalue weighted by molar-refractivity contribution is 0.100. The number of nitrogens with two attached hydrogens (primary N) is 1. The number of benzene rings is 1. The molecule has 1 unspecified atom stereocenters. The quantitative estimate of drug-likeness (QED) is 0.902. The first-order valence-corrected chi connectivity index (χ1v) is 6.87. The molecule has 1 atom stereocenters. The molecule has 1 amide bonds. The number of carbonyl (C=O) groups is 1. The van der Waals surface area contributed by atoms with Crippen molar-refractivity contribution < 1.29 is 9.53 Å². The molecule has 0 saturated carbocycles. The first-order chi connectivity index (χ1) is 10.2. The number of aromatic nitrogens is 1. The summed E-state index contributed by atoms with van der Waals surface area (Å²) in [7, 11) is 1.60. The van der Waals surface area contributed by atoms with Crippen LogP contribution in [0.1, 0.15) is 34.1 Å². The first kappa shape index (κ1) is 13.4. The summed E-state index contributed by atoms with van der Waals surface area (Å²) in [5.74, 6) is 0.232. The van der Waals surface area contributed by atoms with Crippen molar-refractivity contribution in [3.63, 3.8) is 0 Å². The zero-order valence-electron chi connectivity index (χ0n) is 11.8. The number of rotatable bonds is 4. The van der Waals surface area contributed by atoms with E-state index < -0.39 is 5.91 Å². The van der Waals surface area contributed by atoms with E-state index in [1.54, 1.807) is 31.5 Å². The van der Waals surface area contributed by atoms with Gasteiger partial charge in [0, 0.05) is 11.8 Å². The molecule has 0 fully saturated rings. The number of ether oxygens (including phenoxy) is 1. The fourth-order valence-corrected chi connectivity index (χ4v) is 2.71. The zero-order valence-corrected chi connectivity index (χ0v) is 11.8. The third-order valence-electron chi connectivity index (χ3n) is 3.77. The van der Waals surface area contributed by atoms with Crippen LogP contribution in [0.25, 0.3) is 0 Å². The van der Waals surface area contributed by atoms with E-state index in [-0.39, 0.29) is 6.04 Å². The molecular formula is C16H17N3O2. The summed E-state index contributed by atoms with van der Waals surface area (Å²) in [6.07, 6.45) is 3.77. The van der Waals surface area contributed by atoms with E-state index in [4.69, 9.17) is 10.5 Å². The summed E-state index contributed by atoms with van der Waals surface area (Å²) in [6.45, 7) is 0. The number of anilines is 1. The second-order valence-corrected chi connectivity index (χ2v) is 5.06. The molecule has 1 heterocycles. The highest BCUT2D eigenvalue weighted by molar-refractivity contribution is 5.94. The second-order valence-electron chi connectivity index (χ2n) is 5.06. The molecule has 0 radical (unpaired) electrons. The highest BCUT2D eigenvalue weighted by Crippen LogP contribution is 2.35. The van der Waals surface area contributed by atoms with Gasteiger partial charge in [-0.25, -0.2) is 0 Å². The molecular weight excluding hydrogens is 266 g/mol. The van der Waals surface area contributed by atoms with Gasteiger partial charge in [-0.1, -0.05) is 6.07 Å². The Balaban J connectivity index is 1.91. The summed E-state index contributed by atoms with van der Waals surface area (Å²) in [6, 6.07) is 9.31. The van der Waals surface area contributed by atoms with Gasteiger partial charge in [-0.05, 0) is 42.7 Å². The molecule has 5 heteroatoms. The minimum Gasteiger partial charge on any atom is -0.495 e. The monoisotopic (exact) mass is 283 g/mol. The van der Waals surface area contributed by atoms with Gasteiger partial charge in [0.2, 0.25) is 5.91 Å². The van der Waals surface area contributed by atoms with Crippen LogP contribution in [0.15, 0.2) is 36.5 Å². The van der Waals surface area contributed by atoms with Crippen molar-refractivity contribution in [3.05, 3.63) is 53.3 Å². The van der Waals surface area contributed by atoms with E-state index in [0.717, 1.165) is 24.2 Å². The van der Waals surface area contributed by atoms with Crippen LogP contribution in [0.3, 0.4) is 0 Å². The smallest absolute Gasteiger partial charge is 0.248 e. The van der Waals surface area contributed by atoms with Gasteiger partial charge in [0.25, 0.3) is 0 Å². The maximum absolute atomic E-state index is 11.3. The topological polar surface area (TPSA) is 77.2 Å². The van der Waals surface area contributed by atoms with E-state index >= 15 is 0 Å². The number of pyridine rings is 1. The summed E-state index contributed by atoms with van der Waals surface area (Å²) in [5.41, 5.74) is 8.88. The predicted octanol–water partition coefficient (Wildman–Crippen LogP) is 2.29. The fourth-order valence-electron chi connectivity index (χ4n) is 2.71. The van der Waals surface area contributed by atoms with Gasteiger partial charge in [0.05, 0.1) is 24.5 Å². The minimum atomic E-state index is -0.453. The molecule has 2 aromatic rings. The Morgan fingerprint density at radius 1 is 1.43 bits per heavy atom. The molecule has 3 rings (SSSR count). The standard InChI is InChI=1S/C16H17N3O2/c1-21-14-7-5-11(16(17)20)9-13(14)19-12-6-4-10-3-2-8-18-15(10)12/h2-3,5,7-9,12,19H,4,6H2,1H3,(H2,17,20). The van der Waals surface area contributed by atoms with E-state index in [1.807, 2.05) is 6.07 Å². The van der Waals surface area contributed by atoms with Crippen molar-refractivity contribution in [1.29, 1.82) is 0 Å². The predicted molar refractivity (Wildman–Crippen MR) is 80.4 cm³/mol. The molecule has 1 aliphatic rings. The Labute approximate surface area is 123 Å². The van der Waals surface area contributed by atoms with E-state index in [1.165, 1.54) is 5.56 Å². The van der Waals surface area contributed by atoms with E-state index in [9.17, 15) is 4.79 Å². The molecule has 21 heavy (non-hydrogen) atoms. The van der Waals surface area contributed by atoms with Gasteiger partial charge in [-0.3, -0.25) is 9.78 Å². The minimum absolute atomic E-state index is 0.123. The molecule has 3 N–H and O–H groups in total. The lowest BCUT2D eigenvalue weighted by Gasteiger charge is -2.17. The van der Waals surface area contributed by atoms with Gasteiger partial charge < -0.3 is 15.8 Å². The number of carbonyl (C=O) groups excluding carboxylic acids is 1. The van der Waals surface area contributed by atoms with Crippen molar-refractivity contribution in [3.8, 4) is 5.75 Å². The summed E-state index contributed by atoms with van der Waals surface area (Å²) in [5, 5.41) is 3.42. The lowest BCUT2D eigenvalue weighted by atomic mass is 10.1. The number of hydrogen-bond donors (Lipinski definition) is 2. The molecule has 5 nitrogen and oxygen atoms in total.